The van der Waals surface area contributed by atoms with Crippen LogP contribution in [-0.4, -0.2) is 34.5 Å². The van der Waals surface area contributed by atoms with Gasteiger partial charge in [-0.25, -0.2) is 0 Å². The first-order chi connectivity index (χ1) is 8.99. The Morgan fingerprint density at radius 3 is 2.84 bits per heavy atom. The number of amides is 1. The second kappa shape index (κ2) is 5.61. The minimum Gasteiger partial charge on any atom is -0.481 e. The number of halogens is 1. The van der Waals surface area contributed by atoms with Crippen LogP contribution in [0.25, 0.3) is 0 Å². The number of nitrogen functional groups attached to an aromatic ring is 1. The van der Waals surface area contributed by atoms with Crippen LogP contribution < -0.4 is 5.73 Å². The van der Waals surface area contributed by atoms with Crippen molar-refractivity contribution in [1.29, 1.82) is 0 Å². The average molecular weight is 327 g/mol. The summed E-state index contributed by atoms with van der Waals surface area (Å²) in [6.07, 6.45) is 1.58. The van der Waals surface area contributed by atoms with E-state index in [1.54, 1.807) is 23.1 Å². The number of carboxylic acids is 1. The summed E-state index contributed by atoms with van der Waals surface area (Å²) in [5.41, 5.74) is 6.76. The number of aliphatic carboxylic acids is 1. The lowest BCUT2D eigenvalue weighted by atomic mass is 10.1. The van der Waals surface area contributed by atoms with E-state index >= 15 is 0 Å². The Balaban J connectivity index is 2.18. The first-order valence-corrected chi connectivity index (χ1v) is 6.86. The number of benzene rings is 1. The third-order valence-electron chi connectivity index (χ3n) is 3.29. The normalized spacial score (nSPS) is 18.6. The summed E-state index contributed by atoms with van der Waals surface area (Å²) in [5.74, 6) is -1.03. The maximum atomic E-state index is 12.4. The topological polar surface area (TPSA) is 83.6 Å². The predicted octanol–water partition coefficient (Wildman–Crippen LogP) is 2.11. The quantitative estimate of drug-likeness (QED) is 0.833. The van der Waals surface area contributed by atoms with Crippen LogP contribution in [0, 0.1) is 0 Å². The summed E-state index contributed by atoms with van der Waals surface area (Å²) < 4.78 is 0.743. The molecule has 6 heteroatoms. The van der Waals surface area contributed by atoms with Gasteiger partial charge in [0.25, 0.3) is 5.91 Å². The van der Waals surface area contributed by atoms with Crippen LogP contribution in [0.5, 0.6) is 0 Å². The molecule has 102 valence electrons. The lowest BCUT2D eigenvalue weighted by molar-refractivity contribution is -0.137. The third-order valence-corrected chi connectivity index (χ3v) is 4.01. The zero-order chi connectivity index (χ0) is 14.0. The molecule has 0 saturated carbocycles. The van der Waals surface area contributed by atoms with Crippen molar-refractivity contribution < 1.29 is 14.7 Å². The van der Waals surface area contributed by atoms with Crippen molar-refractivity contribution in [1.82, 2.24) is 4.90 Å². The van der Waals surface area contributed by atoms with Crippen molar-refractivity contribution in [3.8, 4) is 0 Å². The molecule has 1 aromatic rings. The van der Waals surface area contributed by atoms with Crippen LogP contribution >= 0.6 is 15.9 Å². The Bertz CT molecular complexity index is 519. The van der Waals surface area contributed by atoms with Gasteiger partial charge in [-0.05, 0) is 47.0 Å². The SMILES string of the molecule is Nc1cc(C(=O)N2CCCC2CC(=O)O)ccc1Br. The molecule has 1 amide bonds. The summed E-state index contributed by atoms with van der Waals surface area (Å²) in [6.45, 7) is 0.604. The Hall–Kier alpha value is -1.56. The van der Waals surface area contributed by atoms with Gasteiger partial charge in [0.05, 0.1) is 6.42 Å². The zero-order valence-corrected chi connectivity index (χ0v) is 11.9. The molecular formula is C13H15BrN2O3. The standard InChI is InChI=1S/C13H15BrN2O3/c14-10-4-3-8(6-11(10)15)13(19)16-5-1-2-9(16)7-12(17)18/h3-4,6,9H,1-2,5,7,15H2,(H,17,18). The molecule has 1 fully saturated rings. The summed E-state index contributed by atoms with van der Waals surface area (Å²) >= 11 is 3.28. The van der Waals surface area contributed by atoms with Gasteiger partial charge in [-0.1, -0.05) is 0 Å². The smallest absolute Gasteiger partial charge is 0.305 e. The van der Waals surface area contributed by atoms with E-state index in [4.69, 9.17) is 10.8 Å². The van der Waals surface area contributed by atoms with E-state index in [0.29, 0.717) is 17.8 Å². The number of anilines is 1. The van der Waals surface area contributed by atoms with Crippen LogP contribution in [0.4, 0.5) is 5.69 Å². The van der Waals surface area contributed by atoms with Crippen LogP contribution in [0.3, 0.4) is 0 Å². The molecule has 2 rings (SSSR count). The lowest BCUT2D eigenvalue weighted by Crippen LogP contribution is -2.36. The molecule has 1 atom stereocenters. The number of nitrogens with zero attached hydrogens (tertiary/aromatic N) is 1. The maximum absolute atomic E-state index is 12.4. The van der Waals surface area contributed by atoms with Crippen molar-refractivity contribution in [3.63, 3.8) is 0 Å². The van der Waals surface area contributed by atoms with E-state index in [1.165, 1.54) is 0 Å². The Kier molecular flexibility index (Phi) is 4.09. The van der Waals surface area contributed by atoms with E-state index in [2.05, 4.69) is 15.9 Å². The fraction of sp³-hybridized carbons (Fsp3) is 0.385. The lowest BCUT2D eigenvalue weighted by Gasteiger charge is -2.23. The number of carbonyl (C=O) groups is 2. The third kappa shape index (κ3) is 3.07. The molecule has 0 bridgehead atoms. The fourth-order valence-corrected chi connectivity index (χ4v) is 2.61. The van der Waals surface area contributed by atoms with Gasteiger partial charge in [-0.2, -0.15) is 0 Å². The molecule has 0 aromatic heterocycles. The second-order valence-electron chi connectivity index (χ2n) is 4.63. The highest BCUT2D eigenvalue weighted by molar-refractivity contribution is 9.10. The molecule has 1 unspecified atom stereocenters. The number of rotatable bonds is 3. The van der Waals surface area contributed by atoms with Gasteiger partial charge < -0.3 is 15.7 Å². The van der Waals surface area contributed by atoms with Gasteiger partial charge in [0.2, 0.25) is 0 Å². The number of hydrogen-bond acceptors (Lipinski definition) is 3. The molecule has 19 heavy (non-hydrogen) atoms. The highest BCUT2D eigenvalue weighted by Gasteiger charge is 2.30. The number of carboxylic acid groups (broad SMARTS) is 1. The van der Waals surface area contributed by atoms with Gasteiger partial charge in [-0.3, -0.25) is 9.59 Å². The van der Waals surface area contributed by atoms with Crippen LogP contribution in [0.2, 0.25) is 0 Å². The van der Waals surface area contributed by atoms with Gasteiger partial charge in [0, 0.05) is 28.3 Å². The molecule has 1 saturated heterocycles. The van der Waals surface area contributed by atoms with E-state index in [1.807, 2.05) is 0 Å². The number of nitrogens with two attached hydrogens (primary N) is 1. The van der Waals surface area contributed by atoms with Gasteiger partial charge >= 0.3 is 5.97 Å². The highest BCUT2D eigenvalue weighted by Crippen LogP contribution is 2.25. The van der Waals surface area contributed by atoms with E-state index in [-0.39, 0.29) is 18.4 Å². The molecule has 1 heterocycles. The van der Waals surface area contributed by atoms with Crippen LogP contribution in [0.1, 0.15) is 29.6 Å². The van der Waals surface area contributed by atoms with Crippen molar-refractivity contribution in [2.45, 2.75) is 25.3 Å². The zero-order valence-electron chi connectivity index (χ0n) is 10.3. The Morgan fingerprint density at radius 1 is 1.47 bits per heavy atom. The van der Waals surface area contributed by atoms with E-state index in [9.17, 15) is 9.59 Å². The summed E-state index contributed by atoms with van der Waals surface area (Å²) in [6, 6.07) is 4.82. The minimum absolute atomic E-state index is 0.00223. The molecular weight excluding hydrogens is 312 g/mol. The number of carbonyl (C=O) groups excluding carboxylic acids is 1. The van der Waals surface area contributed by atoms with Crippen molar-refractivity contribution in [2.24, 2.45) is 0 Å². The minimum atomic E-state index is -0.875. The molecule has 0 radical (unpaired) electrons. The molecule has 3 N–H and O–H groups in total. The van der Waals surface area contributed by atoms with Crippen LogP contribution in [0.15, 0.2) is 22.7 Å². The van der Waals surface area contributed by atoms with Gasteiger partial charge in [-0.15, -0.1) is 0 Å². The molecule has 0 spiro atoms. The number of likely N-dealkylation sites (tertiary alicyclic amines) is 1. The van der Waals surface area contributed by atoms with E-state index in [0.717, 1.165) is 17.3 Å². The summed E-state index contributed by atoms with van der Waals surface area (Å²) in [4.78, 5) is 24.8. The first-order valence-electron chi connectivity index (χ1n) is 6.07. The van der Waals surface area contributed by atoms with Crippen molar-refractivity contribution in [2.75, 3.05) is 12.3 Å². The summed E-state index contributed by atoms with van der Waals surface area (Å²) in [7, 11) is 0. The molecule has 5 nitrogen and oxygen atoms in total. The monoisotopic (exact) mass is 326 g/mol. The second-order valence-corrected chi connectivity index (χ2v) is 5.48. The molecule has 1 aliphatic heterocycles. The van der Waals surface area contributed by atoms with Gasteiger partial charge in [0.1, 0.15) is 0 Å². The number of hydrogen-bond donors (Lipinski definition) is 2. The Morgan fingerprint density at radius 2 is 2.21 bits per heavy atom. The van der Waals surface area contributed by atoms with Gasteiger partial charge in [0.15, 0.2) is 0 Å². The maximum Gasteiger partial charge on any atom is 0.305 e. The van der Waals surface area contributed by atoms with Crippen molar-refractivity contribution in [3.05, 3.63) is 28.2 Å². The molecule has 0 aliphatic carbocycles. The molecule has 1 aliphatic rings. The predicted molar refractivity (Wildman–Crippen MR) is 74.9 cm³/mol. The van der Waals surface area contributed by atoms with E-state index < -0.39 is 5.97 Å². The first kappa shape index (κ1) is 13.9. The largest absolute Gasteiger partial charge is 0.481 e. The summed E-state index contributed by atoms with van der Waals surface area (Å²) in [5, 5.41) is 8.86. The van der Waals surface area contributed by atoms with Crippen molar-refractivity contribution >= 4 is 33.5 Å². The Labute approximate surface area is 119 Å². The average Bonchev–Trinajstić information content (AvgIpc) is 2.79. The molecule has 1 aromatic carbocycles. The fourth-order valence-electron chi connectivity index (χ4n) is 2.36. The highest BCUT2D eigenvalue weighted by atomic mass is 79.9. The van der Waals surface area contributed by atoms with Crippen LogP contribution in [-0.2, 0) is 4.79 Å².